The molecule has 0 aliphatic heterocycles. The Labute approximate surface area is 86.0 Å². The average molecular weight is 199 g/mol. The van der Waals surface area contributed by atoms with E-state index in [4.69, 9.17) is 5.26 Å². The Bertz CT molecular complexity index is 41.5. The van der Waals surface area contributed by atoms with Gasteiger partial charge in [-0.3, -0.25) is 0 Å². The van der Waals surface area contributed by atoms with Crippen LogP contribution in [0, 0.1) is 10.7 Å². The molecule has 0 unspecified atom stereocenters. The minimum absolute atomic E-state index is 0. The van der Waals surface area contributed by atoms with Gasteiger partial charge < -0.3 is 9.00 Å². The first kappa shape index (κ1) is 25.7. The number of thiocyanates is 1. The number of thiol groups is 1. The van der Waals surface area contributed by atoms with Crippen LogP contribution in [0.3, 0.4) is 0 Å². The van der Waals surface area contributed by atoms with Crippen LogP contribution in [0.25, 0.3) is 0 Å². The quantitative estimate of drug-likeness (QED) is 0.347. The zero-order valence-electron chi connectivity index (χ0n) is 5.22. The van der Waals surface area contributed by atoms with Crippen LogP contribution in [0.5, 0.6) is 0 Å². The van der Waals surface area contributed by atoms with Crippen LogP contribution in [-0.2, 0) is 0 Å². The summed E-state index contributed by atoms with van der Waals surface area (Å²) in [6.07, 6.45) is 0. The summed E-state index contributed by atoms with van der Waals surface area (Å²) in [6.45, 7) is 0. The number of nitriles is 1. The SMILES string of the molecule is Br.N.N#CS.[Ca+2].[H-].[H-]. The predicted octanol–water partition coefficient (Wildman–Crippen LogP) is 0.981. The van der Waals surface area contributed by atoms with Crippen molar-refractivity contribution in [2.75, 3.05) is 0 Å². The van der Waals surface area contributed by atoms with Crippen LogP contribution >= 0.6 is 29.6 Å². The minimum atomic E-state index is 0. The number of hydrogen-bond acceptors (Lipinski definition) is 3. The zero-order valence-corrected chi connectivity index (χ0v) is 8.03. The second-order valence-corrected chi connectivity index (χ2v) is 0.300. The molecule has 0 bridgehead atoms. The molecule has 0 heterocycles. The normalized spacial score (nSPS) is 1.33. The van der Waals surface area contributed by atoms with E-state index in [1.807, 2.05) is 0 Å². The van der Waals surface area contributed by atoms with Crippen LogP contribution in [-0.4, -0.2) is 37.7 Å². The van der Waals surface area contributed by atoms with E-state index in [2.05, 4.69) is 12.6 Å². The molecule has 36 valence electrons. The minimum Gasteiger partial charge on any atom is -1.00 e. The van der Waals surface area contributed by atoms with Gasteiger partial charge in [-0.15, -0.1) is 17.0 Å². The van der Waals surface area contributed by atoms with E-state index in [1.54, 1.807) is 0 Å². The largest absolute Gasteiger partial charge is 2.00 e. The molecule has 0 aromatic heterocycles. The molecule has 3 N–H and O–H groups in total. The van der Waals surface area contributed by atoms with Crippen LogP contribution in [0.15, 0.2) is 0 Å². The molecule has 2 nitrogen and oxygen atoms in total. The molecule has 0 atom stereocenters. The van der Waals surface area contributed by atoms with E-state index in [9.17, 15) is 0 Å². The summed E-state index contributed by atoms with van der Waals surface area (Å²) in [5.74, 6) is 0. The van der Waals surface area contributed by atoms with Gasteiger partial charge in [0.1, 0.15) is 5.40 Å². The van der Waals surface area contributed by atoms with E-state index in [-0.39, 0.29) is 63.7 Å². The third kappa shape index (κ3) is 48.2. The van der Waals surface area contributed by atoms with Crippen LogP contribution in [0.1, 0.15) is 2.85 Å². The molecule has 0 rings (SSSR count). The summed E-state index contributed by atoms with van der Waals surface area (Å²) in [5.41, 5.74) is 0. The molecule has 0 aromatic rings. The Balaban J connectivity index is -0.00000000200. The maximum absolute atomic E-state index is 7.18. The van der Waals surface area contributed by atoms with Crippen LogP contribution in [0.4, 0.5) is 0 Å². The number of rotatable bonds is 0. The van der Waals surface area contributed by atoms with E-state index >= 15 is 0 Å². The third-order valence-corrected chi connectivity index (χ3v) is 0. The van der Waals surface area contributed by atoms with Gasteiger partial charge in [0.2, 0.25) is 0 Å². The zero-order chi connectivity index (χ0) is 2.71. The standard InChI is InChI=1S/CHNS.BrH.Ca.H3N.2H/c2-1-3;;;;;/h3H;1H;;1H3;;/q;;+2;;2*-1. The Hall–Kier alpha value is 1.54. The molecule has 0 amide bonds. The molecule has 0 saturated carbocycles. The fourth-order valence-corrected chi connectivity index (χ4v) is 0. The summed E-state index contributed by atoms with van der Waals surface area (Å²) in [7, 11) is 0. The van der Waals surface area contributed by atoms with Crippen molar-refractivity contribution in [2.24, 2.45) is 0 Å². The van der Waals surface area contributed by atoms with Crippen molar-refractivity contribution in [1.82, 2.24) is 6.15 Å². The van der Waals surface area contributed by atoms with Gasteiger partial charge in [-0.25, -0.2) is 0 Å². The van der Waals surface area contributed by atoms with Crippen molar-refractivity contribution in [3.8, 4) is 5.40 Å². The smallest absolute Gasteiger partial charge is 1.00 e. The first-order chi connectivity index (χ1) is 1.41. The third-order valence-electron chi connectivity index (χ3n) is 0. The number of nitrogens with zero attached hydrogens (tertiary/aromatic N) is 1. The fourth-order valence-electron chi connectivity index (χ4n) is 0. The number of halogens is 1. The summed E-state index contributed by atoms with van der Waals surface area (Å²) < 4.78 is 0. The maximum Gasteiger partial charge on any atom is 2.00 e. The molecular formula is CH7BrCaN2S. The second kappa shape index (κ2) is 31.1. The van der Waals surface area contributed by atoms with E-state index < -0.39 is 0 Å². The summed E-state index contributed by atoms with van der Waals surface area (Å²) in [6, 6.07) is 0. The molecular weight excluding hydrogens is 192 g/mol. The first-order valence-electron chi connectivity index (χ1n) is 0.447. The van der Waals surface area contributed by atoms with Gasteiger partial charge in [-0.05, 0) is 0 Å². The molecule has 0 aromatic carbocycles. The monoisotopic (exact) mass is 198 g/mol. The van der Waals surface area contributed by atoms with Gasteiger partial charge >= 0.3 is 37.7 Å². The van der Waals surface area contributed by atoms with Crippen LogP contribution in [0.2, 0.25) is 0 Å². The molecule has 5 heteroatoms. The Morgan fingerprint density at radius 2 is 1.67 bits per heavy atom. The van der Waals surface area contributed by atoms with Gasteiger partial charge in [-0.1, -0.05) is 12.6 Å². The van der Waals surface area contributed by atoms with E-state index in [0.29, 0.717) is 0 Å². The van der Waals surface area contributed by atoms with Crippen LogP contribution < -0.4 is 6.15 Å². The van der Waals surface area contributed by atoms with Crippen molar-refractivity contribution in [3.63, 3.8) is 0 Å². The van der Waals surface area contributed by atoms with Gasteiger partial charge in [0, 0.05) is 0 Å². The summed E-state index contributed by atoms with van der Waals surface area (Å²) in [4.78, 5) is 0. The first-order valence-corrected chi connectivity index (χ1v) is 0.894. The fraction of sp³-hybridized carbons (Fsp3) is 0. The molecule has 0 aliphatic rings. The van der Waals surface area contributed by atoms with Gasteiger partial charge in [0.15, 0.2) is 0 Å². The van der Waals surface area contributed by atoms with Gasteiger partial charge in [-0.2, -0.15) is 5.26 Å². The average Bonchev–Trinajstić information content (AvgIpc) is 0.918. The summed E-state index contributed by atoms with van der Waals surface area (Å²) >= 11 is 3.09. The maximum atomic E-state index is 7.18. The summed E-state index contributed by atoms with van der Waals surface area (Å²) in [5, 5.41) is 8.63. The Kier molecular flexibility index (Phi) is 133. The molecule has 0 spiro atoms. The van der Waals surface area contributed by atoms with Crippen molar-refractivity contribution in [2.45, 2.75) is 0 Å². The molecule has 0 aliphatic carbocycles. The van der Waals surface area contributed by atoms with Gasteiger partial charge in [0.25, 0.3) is 0 Å². The van der Waals surface area contributed by atoms with Crippen molar-refractivity contribution in [1.29, 1.82) is 5.26 Å². The van der Waals surface area contributed by atoms with Crippen molar-refractivity contribution < 1.29 is 2.85 Å². The Morgan fingerprint density at radius 1 is 1.67 bits per heavy atom. The molecule has 0 fully saturated rings. The molecule has 0 saturated heterocycles. The van der Waals surface area contributed by atoms with E-state index in [0.717, 1.165) is 0 Å². The Morgan fingerprint density at radius 3 is 1.67 bits per heavy atom. The topological polar surface area (TPSA) is 58.8 Å². The molecule has 6 heavy (non-hydrogen) atoms. The number of hydrogen-bond donors (Lipinski definition) is 2. The molecule has 0 radical (unpaired) electrons. The van der Waals surface area contributed by atoms with Crippen molar-refractivity contribution in [3.05, 3.63) is 0 Å². The van der Waals surface area contributed by atoms with Crippen molar-refractivity contribution >= 4 is 67.3 Å². The van der Waals surface area contributed by atoms with Gasteiger partial charge in [0.05, 0.1) is 0 Å². The second-order valence-electron chi connectivity index (χ2n) is 0.100. The van der Waals surface area contributed by atoms with E-state index in [1.165, 1.54) is 5.40 Å². The predicted molar refractivity (Wildman–Crippen MR) is 37.9 cm³/mol.